The van der Waals surface area contributed by atoms with E-state index in [0.29, 0.717) is 0 Å². The zero-order valence-corrected chi connectivity index (χ0v) is 10.4. The lowest BCUT2D eigenvalue weighted by Crippen LogP contribution is -2.33. The fourth-order valence-corrected chi connectivity index (χ4v) is 1.05. The lowest BCUT2D eigenvalue weighted by molar-refractivity contribution is -0.119. The first-order chi connectivity index (χ1) is 8.92. The highest BCUT2D eigenvalue weighted by molar-refractivity contribution is 6.12. The van der Waals surface area contributed by atoms with E-state index in [4.69, 9.17) is 16.9 Å². The Kier molecular flexibility index (Phi) is 7.28. The van der Waals surface area contributed by atoms with E-state index < -0.39 is 17.7 Å². The second kappa shape index (κ2) is 8.45. The maximum absolute atomic E-state index is 11.6. The summed E-state index contributed by atoms with van der Waals surface area (Å²) in [6, 6.07) is 0. The lowest BCUT2D eigenvalue weighted by atomic mass is 10.2. The van der Waals surface area contributed by atoms with Gasteiger partial charge in [-0.3, -0.25) is 14.4 Å². The van der Waals surface area contributed by atoms with E-state index in [1.807, 2.05) is 0 Å². The molecule has 19 heavy (non-hydrogen) atoms. The molecule has 3 amide bonds. The first-order valence-corrected chi connectivity index (χ1v) is 5.38. The number of carbonyl (C=O) groups is 3. The first-order valence-electron chi connectivity index (χ1n) is 5.38. The van der Waals surface area contributed by atoms with Crippen LogP contribution >= 0.6 is 0 Å². The molecule has 0 aromatic rings. The third-order valence-corrected chi connectivity index (χ3v) is 2.03. The minimum Gasteiger partial charge on any atom is -0.400 e. The first kappa shape index (κ1) is 16.4. The largest absolute Gasteiger partial charge is 0.400 e. The van der Waals surface area contributed by atoms with Gasteiger partial charge in [-0.05, 0) is 6.08 Å². The van der Waals surface area contributed by atoms with E-state index in [0.717, 1.165) is 12.3 Å². The Labute approximate surface area is 110 Å². The van der Waals surface area contributed by atoms with Gasteiger partial charge in [-0.1, -0.05) is 6.58 Å². The van der Waals surface area contributed by atoms with Gasteiger partial charge in [0, 0.05) is 24.9 Å². The van der Waals surface area contributed by atoms with Gasteiger partial charge in [0.05, 0.1) is 12.1 Å². The van der Waals surface area contributed by atoms with Gasteiger partial charge in [-0.25, -0.2) is 0 Å². The zero-order valence-electron chi connectivity index (χ0n) is 10.4. The summed E-state index contributed by atoms with van der Waals surface area (Å²) in [7, 11) is 0. The summed E-state index contributed by atoms with van der Waals surface area (Å²) in [5.41, 5.74) is 10.4. The van der Waals surface area contributed by atoms with Crippen LogP contribution < -0.4 is 22.1 Å². The Hall–Kier alpha value is -2.64. The molecule has 0 radical (unpaired) electrons. The standard InChI is InChI=1S/C11H17N5O3/c1-2-10(18)16-6-8(13)7(5-12)11(19)15-4-3-9(14)17/h2,5,12H,1,3-4,6,13H2,(H2,14,17)(H,15,19)(H,16,18)/b8-7+,12-5?. The number of amides is 3. The molecule has 8 nitrogen and oxygen atoms in total. The highest BCUT2D eigenvalue weighted by atomic mass is 16.2. The lowest BCUT2D eigenvalue weighted by Gasteiger charge is -2.08. The van der Waals surface area contributed by atoms with Crippen molar-refractivity contribution in [1.82, 2.24) is 10.6 Å². The van der Waals surface area contributed by atoms with Gasteiger partial charge in [0.15, 0.2) is 0 Å². The third-order valence-electron chi connectivity index (χ3n) is 2.03. The Morgan fingerprint density at radius 1 is 1.21 bits per heavy atom. The second-order valence-corrected chi connectivity index (χ2v) is 3.48. The molecule has 0 aliphatic heterocycles. The van der Waals surface area contributed by atoms with Crippen molar-refractivity contribution in [3.05, 3.63) is 23.9 Å². The van der Waals surface area contributed by atoms with Crippen LogP contribution in [0.1, 0.15) is 6.42 Å². The number of hydrogen-bond acceptors (Lipinski definition) is 5. The summed E-state index contributed by atoms with van der Waals surface area (Å²) < 4.78 is 0. The summed E-state index contributed by atoms with van der Waals surface area (Å²) in [5, 5.41) is 11.9. The van der Waals surface area contributed by atoms with Crippen molar-refractivity contribution in [1.29, 1.82) is 5.41 Å². The molecule has 0 fully saturated rings. The van der Waals surface area contributed by atoms with Gasteiger partial charge >= 0.3 is 0 Å². The monoisotopic (exact) mass is 267 g/mol. The molecule has 0 aliphatic rings. The van der Waals surface area contributed by atoms with Crippen molar-refractivity contribution >= 4 is 23.9 Å². The molecule has 0 aromatic heterocycles. The van der Waals surface area contributed by atoms with Crippen LogP contribution in [0.25, 0.3) is 0 Å². The predicted molar refractivity (Wildman–Crippen MR) is 70.0 cm³/mol. The molecule has 104 valence electrons. The number of primary amides is 1. The fourth-order valence-electron chi connectivity index (χ4n) is 1.05. The molecule has 0 aromatic carbocycles. The van der Waals surface area contributed by atoms with E-state index >= 15 is 0 Å². The van der Waals surface area contributed by atoms with Crippen molar-refractivity contribution < 1.29 is 14.4 Å². The van der Waals surface area contributed by atoms with E-state index in [2.05, 4.69) is 17.2 Å². The Balaban J connectivity index is 4.54. The maximum atomic E-state index is 11.6. The maximum Gasteiger partial charge on any atom is 0.254 e. The number of nitrogens with two attached hydrogens (primary N) is 2. The Morgan fingerprint density at radius 2 is 1.84 bits per heavy atom. The molecule has 0 saturated carbocycles. The van der Waals surface area contributed by atoms with Crippen LogP contribution in [-0.4, -0.2) is 37.0 Å². The van der Waals surface area contributed by atoms with E-state index in [1.54, 1.807) is 0 Å². The quantitative estimate of drug-likeness (QED) is 0.259. The van der Waals surface area contributed by atoms with Gasteiger partial charge < -0.3 is 27.5 Å². The van der Waals surface area contributed by atoms with Gasteiger partial charge in [-0.15, -0.1) is 0 Å². The molecule has 0 heterocycles. The molecule has 0 rings (SSSR count). The average Bonchev–Trinajstić information content (AvgIpc) is 2.36. The molecule has 0 spiro atoms. The molecule has 0 atom stereocenters. The number of carbonyl (C=O) groups excluding carboxylic acids is 3. The van der Waals surface area contributed by atoms with Crippen LogP contribution in [0.15, 0.2) is 23.9 Å². The van der Waals surface area contributed by atoms with E-state index in [1.165, 1.54) is 0 Å². The van der Waals surface area contributed by atoms with Crippen molar-refractivity contribution in [2.24, 2.45) is 11.5 Å². The summed E-state index contributed by atoms with van der Waals surface area (Å²) in [4.78, 5) is 33.1. The summed E-state index contributed by atoms with van der Waals surface area (Å²) in [6.45, 7) is 3.23. The summed E-state index contributed by atoms with van der Waals surface area (Å²) in [6.07, 6.45) is 1.82. The SMILES string of the molecule is C=CC(=O)NC/C(N)=C(/C=N)C(=O)NCCC(N)=O. The van der Waals surface area contributed by atoms with E-state index in [9.17, 15) is 14.4 Å². The van der Waals surface area contributed by atoms with Crippen LogP contribution in [-0.2, 0) is 14.4 Å². The molecule has 0 aliphatic carbocycles. The number of nitrogens with one attached hydrogen (secondary N) is 3. The minimum absolute atomic E-state index is 0.00980. The Bertz CT molecular complexity index is 428. The van der Waals surface area contributed by atoms with Gasteiger partial charge in [0.2, 0.25) is 11.8 Å². The smallest absolute Gasteiger partial charge is 0.254 e. The minimum atomic E-state index is -0.610. The van der Waals surface area contributed by atoms with Crippen LogP contribution in [0.4, 0.5) is 0 Å². The van der Waals surface area contributed by atoms with Gasteiger partial charge in [-0.2, -0.15) is 0 Å². The molecule has 0 saturated heterocycles. The number of hydrogen-bond donors (Lipinski definition) is 5. The second-order valence-electron chi connectivity index (χ2n) is 3.48. The van der Waals surface area contributed by atoms with Gasteiger partial charge in [0.1, 0.15) is 0 Å². The van der Waals surface area contributed by atoms with Crippen LogP contribution in [0.5, 0.6) is 0 Å². The fraction of sp³-hybridized carbons (Fsp3) is 0.273. The molecular formula is C11H17N5O3. The van der Waals surface area contributed by atoms with Crippen molar-refractivity contribution in [2.45, 2.75) is 6.42 Å². The van der Waals surface area contributed by atoms with Crippen LogP contribution in [0.2, 0.25) is 0 Å². The van der Waals surface area contributed by atoms with Crippen LogP contribution in [0.3, 0.4) is 0 Å². The predicted octanol–water partition coefficient (Wildman–Crippen LogP) is -1.86. The van der Waals surface area contributed by atoms with Crippen LogP contribution in [0, 0.1) is 5.41 Å². The molecule has 0 unspecified atom stereocenters. The Morgan fingerprint density at radius 3 is 2.32 bits per heavy atom. The van der Waals surface area contributed by atoms with Crippen molar-refractivity contribution in [3.8, 4) is 0 Å². The topological polar surface area (TPSA) is 151 Å². The molecule has 8 heteroatoms. The van der Waals surface area contributed by atoms with E-state index in [-0.39, 0.29) is 30.8 Å². The van der Waals surface area contributed by atoms with Gasteiger partial charge in [0.25, 0.3) is 5.91 Å². The summed E-state index contributed by atoms with van der Waals surface area (Å²) >= 11 is 0. The molecule has 0 bridgehead atoms. The summed E-state index contributed by atoms with van der Waals surface area (Å²) in [5.74, 6) is -1.60. The average molecular weight is 267 g/mol. The highest BCUT2D eigenvalue weighted by Gasteiger charge is 2.11. The molecule has 7 N–H and O–H groups in total. The molecular weight excluding hydrogens is 250 g/mol. The number of rotatable bonds is 8. The normalized spacial score (nSPS) is 10.9. The van der Waals surface area contributed by atoms with Crippen molar-refractivity contribution in [3.63, 3.8) is 0 Å². The third kappa shape index (κ3) is 6.61. The van der Waals surface area contributed by atoms with Crippen molar-refractivity contribution in [2.75, 3.05) is 13.1 Å². The zero-order chi connectivity index (χ0) is 14.8. The highest BCUT2D eigenvalue weighted by Crippen LogP contribution is 1.96.